The van der Waals surface area contributed by atoms with Crippen LogP contribution in [0.5, 0.6) is 5.75 Å². The Bertz CT molecular complexity index is 620. The molecule has 0 heterocycles. The number of rotatable bonds is 4. The fraction of sp³-hybridized carbons (Fsp3) is 0.462. The first kappa shape index (κ1) is 16.2. The van der Waals surface area contributed by atoms with Gasteiger partial charge >= 0.3 is 0 Å². The van der Waals surface area contributed by atoms with Gasteiger partial charge in [0.2, 0.25) is 0 Å². The Labute approximate surface area is 122 Å². The number of hydrogen-bond donors (Lipinski definition) is 0. The quantitative estimate of drug-likeness (QED) is 0.785. The molecule has 0 saturated heterocycles. The van der Waals surface area contributed by atoms with Gasteiger partial charge in [0.05, 0.1) is 12.7 Å². The molecule has 0 saturated carbocycles. The second kappa shape index (κ2) is 5.63. The van der Waals surface area contributed by atoms with Crippen LogP contribution in [-0.2, 0) is 9.84 Å². The lowest BCUT2D eigenvalue weighted by Crippen LogP contribution is -2.27. The molecule has 19 heavy (non-hydrogen) atoms. The summed E-state index contributed by atoms with van der Waals surface area (Å²) in [6, 6.07) is 1.84. The summed E-state index contributed by atoms with van der Waals surface area (Å²) in [5.74, 6) is -0.0116. The van der Waals surface area contributed by atoms with Crippen LogP contribution in [0.4, 0.5) is 0 Å². The van der Waals surface area contributed by atoms with E-state index < -0.39 is 20.9 Å². The van der Waals surface area contributed by atoms with Gasteiger partial charge in [-0.3, -0.25) is 4.79 Å². The van der Waals surface area contributed by atoms with E-state index in [2.05, 4.69) is 15.9 Å². The average Bonchev–Trinajstić information content (AvgIpc) is 2.30. The van der Waals surface area contributed by atoms with Crippen molar-refractivity contribution in [2.75, 3.05) is 13.4 Å². The molecule has 0 fully saturated rings. The van der Waals surface area contributed by atoms with Gasteiger partial charge in [-0.15, -0.1) is 0 Å². The molecular weight excluding hydrogens is 332 g/mol. The van der Waals surface area contributed by atoms with E-state index in [9.17, 15) is 13.2 Å². The van der Waals surface area contributed by atoms with Crippen molar-refractivity contribution in [3.8, 4) is 5.75 Å². The molecule has 1 aromatic carbocycles. The first-order valence-electron chi connectivity index (χ1n) is 5.68. The second-order valence-electron chi connectivity index (χ2n) is 4.54. The van der Waals surface area contributed by atoms with E-state index in [1.807, 2.05) is 13.0 Å². The minimum atomic E-state index is -3.44. The average molecular weight is 349 g/mol. The molecule has 0 bridgehead atoms. The summed E-state index contributed by atoms with van der Waals surface area (Å²) in [5.41, 5.74) is 1.79. The van der Waals surface area contributed by atoms with Crippen LogP contribution in [0.15, 0.2) is 10.5 Å². The minimum Gasteiger partial charge on any atom is -0.496 e. The topological polar surface area (TPSA) is 60.4 Å². The molecule has 6 heteroatoms. The molecule has 0 spiro atoms. The Kier molecular flexibility index (Phi) is 4.79. The van der Waals surface area contributed by atoms with Crippen molar-refractivity contribution in [1.82, 2.24) is 0 Å². The van der Waals surface area contributed by atoms with Gasteiger partial charge in [0.25, 0.3) is 0 Å². The van der Waals surface area contributed by atoms with Gasteiger partial charge in [0, 0.05) is 10.7 Å². The molecule has 4 nitrogen and oxygen atoms in total. The Morgan fingerprint density at radius 2 is 1.89 bits per heavy atom. The van der Waals surface area contributed by atoms with Crippen LogP contribution in [0.3, 0.4) is 0 Å². The van der Waals surface area contributed by atoms with Gasteiger partial charge < -0.3 is 4.74 Å². The Hall–Kier alpha value is -0.880. The monoisotopic (exact) mass is 348 g/mol. The molecule has 1 aromatic rings. The van der Waals surface area contributed by atoms with E-state index in [1.54, 1.807) is 6.92 Å². The summed E-state index contributed by atoms with van der Waals surface area (Å²) in [4.78, 5) is 12.4. The number of carbonyl (C=O) groups excluding carboxylic acids is 1. The number of ketones is 1. The normalized spacial score (nSPS) is 13.2. The summed E-state index contributed by atoms with van der Waals surface area (Å²) < 4.78 is 29.1. The molecule has 1 rings (SSSR count). The number of methoxy groups -OCH3 is 1. The van der Waals surface area contributed by atoms with Gasteiger partial charge in [0.1, 0.15) is 11.0 Å². The fourth-order valence-corrected chi connectivity index (χ4v) is 2.86. The molecule has 0 radical (unpaired) electrons. The van der Waals surface area contributed by atoms with Gasteiger partial charge in [-0.25, -0.2) is 8.42 Å². The Morgan fingerprint density at radius 1 is 1.37 bits per heavy atom. The van der Waals surface area contributed by atoms with E-state index in [4.69, 9.17) is 4.74 Å². The highest BCUT2D eigenvalue weighted by Crippen LogP contribution is 2.33. The van der Waals surface area contributed by atoms with E-state index in [0.717, 1.165) is 16.3 Å². The number of hydrogen-bond acceptors (Lipinski definition) is 4. The molecule has 0 aromatic heterocycles. The number of halogens is 1. The molecule has 1 unspecified atom stereocenters. The highest BCUT2D eigenvalue weighted by atomic mass is 79.9. The highest BCUT2D eigenvalue weighted by molar-refractivity contribution is 9.10. The SMILES string of the molecule is COc1c(C)cc(Br)c(C)c1C(=O)C(C)S(C)(=O)=O. The Balaban J connectivity index is 3.54. The third-order valence-electron chi connectivity index (χ3n) is 3.12. The van der Waals surface area contributed by atoms with E-state index >= 15 is 0 Å². The zero-order chi connectivity index (χ0) is 15.0. The lowest BCUT2D eigenvalue weighted by Gasteiger charge is -2.17. The van der Waals surface area contributed by atoms with Gasteiger partial charge in [-0.1, -0.05) is 15.9 Å². The van der Waals surface area contributed by atoms with Crippen molar-refractivity contribution in [2.24, 2.45) is 0 Å². The van der Waals surface area contributed by atoms with Crippen LogP contribution in [0.1, 0.15) is 28.4 Å². The van der Waals surface area contributed by atoms with E-state index in [0.29, 0.717) is 16.9 Å². The van der Waals surface area contributed by atoms with Crippen molar-refractivity contribution in [2.45, 2.75) is 26.0 Å². The summed E-state index contributed by atoms with van der Waals surface area (Å²) in [7, 11) is -1.97. The molecule has 1 atom stereocenters. The number of ether oxygens (including phenoxy) is 1. The number of Topliss-reactive ketones (excluding diaryl/α,β-unsaturated/α-hetero) is 1. The minimum absolute atomic E-state index is 0.326. The molecule has 0 aliphatic heterocycles. The van der Waals surface area contributed by atoms with Crippen LogP contribution in [0, 0.1) is 13.8 Å². The van der Waals surface area contributed by atoms with Crippen molar-refractivity contribution in [3.63, 3.8) is 0 Å². The predicted octanol–water partition coefficient (Wildman–Crippen LogP) is 2.69. The lowest BCUT2D eigenvalue weighted by molar-refractivity contribution is 0.0988. The standard InChI is InChI=1S/C13H17BrO4S/c1-7-6-10(14)8(2)11(13(7)18-4)12(15)9(3)19(5,16)17/h6,9H,1-5H3. The van der Waals surface area contributed by atoms with Gasteiger partial charge in [-0.05, 0) is 38.0 Å². The summed E-state index contributed by atoms with van der Waals surface area (Å²) in [6.07, 6.45) is 1.06. The Morgan fingerprint density at radius 3 is 2.32 bits per heavy atom. The van der Waals surface area contributed by atoms with Crippen molar-refractivity contribution in [3.05, 3.63) is 27.2 Å². The number of sulfone groups is 1. The first-order valence-corrected chi connectivity index (χ1v) is 8.42. The third kappa shape index (κ3) is 3.17. The molecule has 0 amide bonds. The van der Waals surface area contributed by atoms with Crippen molar-refractivity contribution < 1.29 is 17.9 Å². The molecule has 106 valence electrons. The molecule has 0 N–H and O–H groups in total. The smallest absolute Gasteiger partial charge is 0.184 e. The maximum absolute atomic E-state index is 12.4. The zero-order valence-electron chi connectivity index (χ0n) is 11.6. The third-order valence-corrected chi connectivity index (χ3v) is 5.45. The highest BCUT2D eigenvalue weighted by Gasteiger charge is 2.29. The van der Waals surface area contributed by atoms with Crippen LogP contribution in [0.25, 0.3) is 0 Å². The zero-order valence-corrected chi connectivity index (χ0v) is 14.0. The number of carbonyl (C=O) groups is 1. The number of aryl methyl sites for hydroxylation is 1. The van der Waals surface area contributed by atoms with Crippen LogP contribution in [0.2, 0.25) is 0 Å². The molecule has 0 aliphatic rings. The van der Waals surface area contributed by atoms with Crippen molar-refractivity contribution in [1.29, 1.82) is 0 Å². The number of benzene rings is 1. The van der Waals surface area contributed by atoms with E-state index in [1.165, 1.54) is 14.0 Å². The second-order valence-corrected chi connectivity index (χ2v) is 7.77. The molecule has 0 aliphatic carbocycles. The summed E-state index contributed by atoms with van der Waals surface area (Å²) in [5, 5.41) is -1.09. The van der Waals surface area contributed by atoms with Crippen LogP contribution >= 0.6 is 15.9 Å². The van der Waals surface area contributed by atoms with Crippen molar-refractivity contribution >= 4 is 31.6 Å². The largest absolute Gasteiger partial charge is 0.496 e. The van der Waals surface area contributed by atoms with Crippen LogP contribution in [-0.4, -0.2) is 32.8 Å². The summed E-state index contributed by atoms with van der Waals surface area (Å²) >= 11 is 3.37. The predicted molar refractivity (Wildman–Crippen MR) is 78.8 cm³/mol. The maximum Gasteiger partial charge on any atom is 0.184 e. The summed E-state index contributed by atoms with van der Waals surface area (Å²) in [6.45, 7) is 4.96. The first-order chi connectivity index (χ1) is 8.61. The van der Waals surface area contributed by atoms with E-state index in [-0.39, 0.29) is 0 Å². The fourth-order valence-electron chi connectivity index (χ4n) is 1.81. The van der Waals surface area contributed by atoms with Gasteiger partial charge in [0.15, 0.2) is 15.6 Å². The maximum atomic E-state index is 12.4. The lowest BCUT2D eigenvalue weighted by atomic mass is 9.98. The van der Waals surface area contributed by atoms with Gasteiger partial charge in [-0.2, -0.15) is 0 Å². The molecular formula is C13H17BrO4S. The van der Waals surface area contributed by atoms with Crippen LogP contribution < -0.4 is 4.74 Å².